The molecule has 0 aromatic heterocycles. The van der Waals surface area contributed by atoms with Crippen LogP contribution in [0.15, 0.2) is 12.2 Å². The van der Waals surface area contributed by atoms with E-state index >= 15 is 0 Å². The Kier molecular flexibility index (Phi) is 5.07. The highest BCUT2D eigenvalue weighted by Gasteiger charge is 2.35. The highest BCUT2D eigenvalue weighted by Crippen LogP contribution is 2.25. The molecule has 0 aliphatic carbocycles. The number of likely N-dealkylation sites (tertiary alicyclic amines) is 1. The molecule has 2 amide bonds. The summed E-state index contributed by atoms with van der Waals surface area (Å²) in [6, 6.07) is -0.599. The van der Waals surface area contributed by atoms with Crippen molar-refractivity contribution < 1.29 is 14.3 Å². The summed E-state index contributed by atoms with van der Waals surface area (Å²) in [6.07, 6.45) is 0.0912. The van der Waals surface area contributed by atoms with Crippen LogP contribution < -0.4 is 5.32 Å². The van der Waals surface area contributed by atoms with Crippen molar-refractivity contribution >= 4 is 24.6 Å². The van der Waals surface area contributed by atoms with Crippen molar-refractivity contribution in [3.63, 3.8) is 0 Å². The standard InChI is InChI=1S/C12H20N2O3S/c1-7(2)10(13-12(16)17-4)11(15)14-6-8(3)5-9(14)18/h7,9-10,18H,3,5-6H2,1-2,4H3,(H,13,16)/t9-,10+/m1/s1. The number of nitrogens with zero attached hydrogens (tertiary/aromatic N) is 1. The minimum absolute atomic E-state index is 0.0222. The molecule has 1 saturated heterocycles. The molecule has 0 unspecified atom stereocenters. The lowest BCUT2D eigenvalue weighted by atomic mass is 10.0. The van der Waals surface area contributed by atoms with Crippen LogP contribution in [0.2, 0.25) is 0 Å². The lowest BCUT2D eigenvalue weighted by Crippen LogP contribution is -2.51. The summed E-state index contributed by atoms with van der Waals surface area (Å²) in [7, 11) is 1.27. The van der Waals surface area contributed by atoms with Crippen molar-refractivity contribution in [1.29, 1.82) is 0 Å². The van der Waals surface area contributed by atoms with Gasteiger partial charge in [0.1, 0.15) is 6.04 Å². The molecule has 0 saturated carbocycles. The Hall–Kier alpha value is -1.17. The summed E-state index contributed by atoms with van der Waals surface area (Å²) in [5.74, 6) is -0.167. The molecule has 5 nitrogen and oxygen atoms in total. The average Bonchev–Trinajstić information content (AvgIpc) is 2.63. The van der Waals surface area contributed by atoms with Crippen LogP contribution in [0.4, 0.5) is 4.79 Å². The minimum atomic E-state index is -0.601. The van der Waals surface area contributed by atoms with Gasteiger partial charge in [0.25, 0.3) is 0 Å². The molecule has 0 aromatic carbocycles. The normalized spacial score (nSPS) is 21.1. The number of ether oxygens (including phenoxy) is 1. The molecule has 1 heterocycles. The largest absolute Gasteiger partial charge is 0.453 e. The van der Waals surface area contributed by atoms with E-state index < -0.39 is 12.1 Å². The summed E-state index contributed by atoms with van der Waals surface area (Å²) in [5.41, 5.74) is 0.976. The summed E-state index contributed by atoms with van der Waals surface area (Å²) < 4.78 is 4.53. The van der Waals surface area contributed by atoms with Gasteiger partial charge in [-0.15, -0.1) is 0 Å². The summed E-state index contributed by atoms with van der Waals surface area (Å²) in [5, 5.41) is 2.40. The summed E-state index contributed by atoms with van der Waals surface area (Å²) in [6.45, 7) is 8.11. The number of amides is 2. The number of alkyl carbamates (subject to hydrolysis) is 1. The zero-order valence-electron chi connectivity index (χ0n) is 11.0. The van der Waals surface area contributed by atoms with E-state index in [-0.39, 0.29) is 17.2 Å². The van der Waals surface area contributed by atoms with Crippen molar-refractivity contribution in [2.75, 3.05) is 13.7 Å². The molecule has 0 spiro atoms. The first-order valence-corrected chi connectivity index (χ1v) is 6.38. The van der Waals surface area contributed by atoms with Crippen LogP contribution in [0, 0.1) is 5.92 Å². The van der Waals surface area contributed by atoms with Gasteiger partial charge < -0.3 is 15.0 Å². The number of carbonyl (C=O) groups is 2. The molecule has 18 heavy (non-hydrogen) atoms. The highest BCUT2D eigenvalue weighted by molar-refractivity contribution is 7.80. The van der Waals surface area contributed by atoms with Gasteiger partial charge >= 0.3 is 6.09 Å². The van der Waals surface area contributed by atoms with E-state index in [0.29, 0.717) is 13.0 Å². The van der Waals surface area contributed by atoms with E-state index in [1.807, 2.05) is 13.8 Å². The van der Waals surface area contributed by atoms with Gasteiger partial charge in [-0.25, -0.2) is 4.79 Å². The Morgan fingerprint density at radius 3 is 2.56 bits per heavy atom. The fourth-order valence-electron chi connectivity index (χ4n) is 1.88. The molecule has 1 fully saturated rings. The van der Waals surface area contributed by atoms with E-state index in [1.165, 1.54) is 7.11 Å². The van der Waals surface area contributed by atoms with Crippen LogP contribution in [0.5, 0.6) is 0 Å². The number of rotatable bonds is 3. The molecule has 2 atom stereocenters. The fraction of sp³-hybridized carbons (Fsp3) is 0.667. The van der Waals surface area contributed by atoms with Gasteiger partial charge in [0, 0.05) is 6.54 Å². The lowest BCUT2D eigenvalue weighted by molar-refractivity contribution is -0.133. The third kappa shape index (κ3) is 3.41. The SMILES string of the molecule is C=C1C[C@@H](S)N(C(=O)[C@@H](NC(=O)OC)C(C)C)C1. The van der Waals surface area contributed by atoms with E-state index in [4.69, 9.17) is 0 Å². The minimum Gasteiger partial charge on any atom is -0.453 e. The lowest BCUT2D eigenvalue weighted by Gasteiger charge is -2.28. The third-order valence-electron chi connectivity index (χ3n) is 2.90. The maximum Gasteiger partial charge on any atom is 0.407 e. The quantitative estimate of drug-likeness (QED) is 0.603. The monoisotopic (exact) mass is 272 g/mol. The van der Waals surface area contributed by atoms with Crippen LogP contribution in [0.25, 0.3) is 0 Å². The van der Waals surface area contributed by atoms with E-state index in [1.54, 1.807) is 4.90 Å². The van der Waals surface area contributed by atoms with Gasteiger partial charge in [-0.05, 0) is 12.3 Å². The van der Waals surface area contributed by atoms with Crippen LogP contribution in [0.1, 0.15) is 20.3 Å². The van der Waals surface area contributed by atoms with Gasteiger partial charge in [-0.3, -0.25) is 4.79 Å². The number of hydrogen-bond acceptors (Lipinski definition) is 4. The fourth-order valence-corrected chi connectivity index (χ4v) is 2.34. The van der Waals surface area contributed by atoms with Gasteiger partial charge in [-0.1, -0.05) is 26.0 Å². The molecule has 0 aromatic rings. The molecule has 1 aliphatic heterocycles. The summed E-state index contributed by atoms with van der Waals surface area (Å²) in [4.78, 5) is 25.2. The van der Waals surface area contributed by atoms with Crippen LogP contribution >= 0.6 is 12.6 Å². The predicted molar refractivity (Wildman–Crippen MR) is 72.4 cm³/mol. The Bertz CT molecular complexity index is 357. The average molecular weight is 272 g/mol. The van der Waals surface area contributed by atoms with Crippen molar-refractivity contribution in [2.24, 2.45) is 5.92 Å². The second kappa shape index (κ2) is 6.13. The van der Waals surface area contributed by atoms with E-state index in [0.717, 1.165) is 5.57 Å². The Labute approximate surface area is 113 Å². The van der Waals surface area contributed by atoms with Crippen LogP contribution in [-0.4, -0.2) is 42.0 Å². The molecular formula is C12H20N2O3S. The van der Waals surface area contributed by atoms with Gasteiger partial charge in [0.15, 0.2) is 0 Å². The summed E-state index contributed by atoms with van der Waals surface area (Å²) >= 11 is 4.36. The number of methoxy groups -OCH3 is 1. The third-order valence-corrected chi connectivity index (χ3v) is 3.36. The molecule has 0 bridgehead atoms. The second-order valence-corrected chi connectivity index (χ2v) is 5.35. The smallest absolute Gasteiger partial charge is 0.407 e. The Morgan fingerprint density at radius 1 is 1.56 bits per heavy atom. The van der Waals surface area contributed by atoms with Gasteiger partial charge in [0.05, 0.1) is 12.5 Å². The maximum atomic E-state index is 12.4. The highest BCUT2D eigenvalue weighted by atomic mass is 32.1. The first-order valence-electron chi connectivity index (χ1n) is 5.86. The molecule has 1 N–H and O–H groups in total. The van der Waals surface area contributed by atoms with Crippen molar-refractivity contribution in [3.8, 4) is 0 Å². The number of thiol groups is 1. The second-order valence-electron chi connectivity index (χ2n) is 4.76. The first kappa shape index (κ1) is 14.9. The van der Waals surface area contributed by atoms with Gasteiger partial charge in [-0.2, -0.15) is 12.6 Å². The van der Waals surface area contributed by atoms with Gasteiger partial charge in [0.2, 0.25) is 5.91 Å². The zero-order valence-corrected chi connectivity index (χ0v) is 11.9. The zero-order chi connectivity index (χ0) is 13.9. The molecule has 1 aliphatic rings. The topological polar surface area (TPSA) is 58.6 Å². The van der Waals surface area contributed by atoms with E-state index in [9.17, 15) is 9.59 Å². The Balaban J connectivity index is 2.77. The van der Waals surface area contributed by atoms with E-state index in [2.05, 4.69) is 29.3 Å². The number of hydrogen-bond donors (Lipinski definition) is 2. The predicted octanol–water partition coefficient (Wildman–Crippen LogP) is 1.41. The van der Waals surface area contributed by atoms with Crippen molar-refractivity contribution in [2.45, 2.75) is 31.7 Å². The molecule has 102 valence electrons. The van der Waals surface area contributed by atoms with Crippen LogP contribution in [0.3, 0.4) is 0 Å². The Morgan fingerprint density at radius 2 is 2.17 bits per heavy atom. The number of carbonyl (C=O) groups excluding carboxylic acids is 2. The van der Waals surface area contributed by atoms with Crippen molar-refractivity contribution in [1.82, 2.24) is 10.2 Å². The molecular weight excluding hydrogens is 252 g/mol. The van der Waals surface area contributed by atoms with Crippen LogP contribution in [-0.2, 0) is 9.53 Å². The number of nitrogens with one attached hydrogen (secondary N) is 1. The molecule has 1 rings (SSSR count). The van der Waals surface area contributed by atoms with Crippen molar-refractivity contribution in [3.05, 3.63) is 12.2 Å². The maximum absolute atomic E-state index is 12.4. The first-order chi connectivity index (χ1) is 8.36. The molecule has 6 heteroatoms. The molecule has 0 radical (unpaired) electrons.